The average molecular weight is 259 g/mol. The van der Waals surface area contributed by atoms with Gasteiger partial charge in [0, 0.05) is 12.1 Å². The zero-order valence-electron chi connectivity index (χ0n) is 8.91. The molecule has 1 heterocycles. The molecule has 2 rings (SSSR count). The standard InChI is InChI=1S/C11H8F3NO3/c12-11(13,14)5-1-2-6-7(10(17)18)4-9(16)15-8(6)3-5/h1-3,7H,4H2,(H,15,16)(H,17,18). The largest absolute Gasteiger partial charge is 0.481 e. The van der Waals surface area contributed by atoms with Gasteiger partial charge in [-0.2, -0.15) is 13.2 Å². The molecule has 18 heavy (non-hydrogen) atoms. The van der Waals surface area contributed by atoms with E-state index in [0.29, 0.717) is 0 Å². The van der Waals surface area contributed by atoms with E-state index in [-0.39, 0.29) is 17.7 Å². The molecule has 0 aromatic heterocycles. The van der Waals surface area contributed by atoms with E-state index in [4.69, 9.17) is 5.11 Å². The molecule has 7 heteroatoms. The fraction of sp³-hybridized carbons (Fsp3) is 0.273. The Bertz CT molecular complexity index is 525. The number of hydrogen-bond donors (Lipinski definition) is 2. The number of alkyl halides is 3. The predicted molar refractivity (Wildman–Crippen MR) is 55.1 cm³/mol. The number of carboxylic acids is 1. The topological polar surface area (TPSA) is 66.4 Å². The summed E-state index contributed by atoms with van der Waals surface area (Å²) in [4.78, 5) is 22.2. The molecular formula is C11H8F3NO3. The summed E-state index contributed by atoms with van der Waals surface area (Å²) in [6.45, 7) is 0. The molecule has 1 unspecified atom stereocenters. The van der Waals surface area contributed by atoms with Gasteiger partial charge in [-0.15, -0.1) is 0 Å². The number of hydrogen-bond acceptors (Lipinski definition) is 2. The highest BCUT2D eigenvalue weighted by Gasteiger charge is 2.35. The van der Waals surface area contributed by atoms with Gasteiger partial charge < -0.3 is 10.4 Å². The first-order valence-corrected chi connectivity index (χ1v) is 5.03. The Morgan fingerprint density at radius 2 is 2.06 bits per heavy atom. The molecular weight excluding hydrogens is 251 g/mol. The highest BCUT2D eigenvalue weighted by Crippen LogP contribution is 2.37. The van der Waals surface area contributed by atoms with E-state index in [2.05, 4.69) is 5.32 Å². The summed E-state index contributed by atoms with van der Waals surface area (Å²) in [6, 6.07) is 2.66. The van der Waals surface area contributed by atoms with E-state index in [9.17, 15) is 22.8 Å². The number of carbonyl (C=O) groups excluding carboxylic acids is 1. The molecule has 96 valence electrons. The van der Waals surface area contributed by atoms with Crippen LogP contribution in [0.4, 0.5) is 18.9 Å². The van der Waals surface area contributed by atoms with Crippen molar-refractivity contribution in [3.63, 3.8) is 0 Å². The quantitative estimate of drug-likeness (QED) is 0.812. The van der Waals surface area contributed by atoms with Crippen molar-refractivity contribution in [2.24, 2.45) is 0 Å². The number of carbonyl (C=O) groups is 2. The smallest absolute Gasteiger partial charge is 0.416 e. The van der Waals surface area contributed by atoms with Gasteiger partial charge in [-0.05, 0) is 17.7 Å². The lowest BCUT2D eigenvalue weighted by Gasteiger charge is -2.23. The first kappa shape index (κ1) is 12.4. The van der Waals surface area contributed by atoms with Gasteiger partial charge >= 0.3 is 12.1 Å². The van der Waals surface area contributed by atoms with Gasteiger partial charge in [0.15, 0.2) is 0 Å². The molecule has 1 aliphatic heterocycles. The Balaban J connectivity index is 2.50. The maximum atomic E-state index is 12.5. The number of fused-ring (bicyclic) bond motifs is 1. The summed E-state index contributed by atoms with van der Waals surface area (Å²) in [5, 5.41) is 11.2. The monoisotopic (exact) mass is 259 g/mol. The molecule has 0 spiro atoms. The molecule has 1 aromatic rings. The zero-order chi connectivity index (χ0) is 13.5. The number of halogens is 3. The fourth-order valence-electron chi connectivity index (χ4n) is 1.86. The lowest BCUT2D eigenvalue weighted by Crippen LogP contribution is -2.27. The van der Waals surface area contributed by atoms with E-state index < -0.39 is 29.5 Å². The van der Waals surface area contributed by atoms with Crippen LogP contribution in [-0.4, -0.2) is 17.0 Å². The molecule has 0 fully saturated rings. The third-order valence-corrected chi connectivity index (χ3v) is 2.72. The Morgan fingerprint density at radius 3 is 2.61 bits per heavy atom. The molecule has 0 saturated heterocycles. The highest BCUT2D eigenvalue weighted by atomic mass is 19.4. The summed E-state index contributed by atoms with van der Waals surface area (Å²) in [7, 11) is 0. The van der Waals surface area contributed by atoms with Crippen LogP contribution in [0.25, 0.3) is 0 Å². The molecule has 0 radical (unpaired) electrons. The van der Waals surface area contributed by atoms with E-state index in [1.165, 1.54) is 0 Å². The van der Waals surface area contributed by atoms with Gasteiger partial charge in [0.2, 0.25) is 5.91 Å². The maximum absolute atomic E-state index is 12.5. The van der Waals surface area contributed by atoms with Gasteiger partial charge in [-0.1, -0.05) is 6.07 Å². The second kappa shape index (κ2) is 4.01. The molecule has 2 N–H and O–H groups in total. The van der Waals surface area contributed by atoms with Crippen LogP contribution < -0.4 is 5.32 Å². The summed E-state index contributed by atoms with van der Waals surface area (Å²) in [5.41, 5.74) is -0.823. The third-order valence-electron chi connectivity index (χ3n) is 2.72. The Kier molecular flexibility index (Phi) is 2.76. The zero-order valence-corrected chi connectivity index (χ0v) is 8.91. The van der Waals surface area contributed by atoms with E-state index in [1.54, 1.807) is 0 Å². The van der Waals surface area contributed by atoms with Crippen molar-refractivity contribution in [1.82, 2.24) is 0 Å². The Labute approximate surface area is 99.4 Å². The van der Waals surface area contributed by atoms with E-state index in [0.717, 1.165) is 18.2 Å². The minimum atomic E-state index is -4.53. The van der Waals surface area contributed by atoms with Gasteiger partial charge in [0.05, 0.1) is 11.5 Å². The number of carboxylic acid groups (broad SMARTS) is 1. The number of aliphatic carboxylic acids is 1. The van der Waals surface area contributed by atoms with Crippen LogP contribution in [-0.2, 0) is 15.8 Å². The van der Waals surface area contributed by atoms with E-state index in [1.807, 2.05) is 0 Å². The van der Waals surface area contributed by atoms with Gasteiger partial charge in [0.1, 0.15) is 0 Å². The maximum Gasteiger partial charge on any atom is 0.416 e. The van der Waals surface area contributed by atoms with Crippen LogP contribution >= 0.6 is 0 Å². The number of nitrogens with one attached hydrogen (secondary N) is 1. The van der Waals surface area contributed by atoms with Gasteiger partial charge in [0.25, 0.3) is 0 Å². The molecule has 0 bridgehead atoms. The lowest BCUT2D eigenvalue weighted by molar-refractivity contribution is -0.140. The number of anilines is 1. The van der Waals surface area contributed by atoms with Gasteiger partial charge in [-0.25, -0.2) is 0 Å². The highest BCUT2D eigenvalue weighted by molar-refractivity contribution is 5.99. The summed E-state index contributed by atoms with van der Waals surface area (Å²) < 4.78 is 37.4. The van der Waals surface area contributed by atoms with Crippen LogP contribution in [0.5, 0.6) is 0 Å². The van der Waals surface area contributed by atoms with Crippen LogP contribution in [0.2, 0.25) is 0 Å². The first-order valence-electron chi connectivity index (χ1n) is 5.03. The minimum absolute atomic E-state index is 0.0894. The fourth-order valence-corrected chi connectivity index (χ4v) is 1.86. The average Bonchev–Trinajstić information content (AvgIpc) is 2.25. The first-order chi connectivity index (χ1) is 8.29. The summed E-state index contributed by atoms with van der Waals surface area (Å²) >= 11 is 0. The van der Waals surface area contributed by atoms with Gasteiger partial charge in [-0.3, -0.25) is 9.59 Å². The number of amides is 1. The van der Waals surface area contributed by atoms with Crippen molar-refractivity contribution in [2.45, 2.75) is 18.5 Å². The normalized spacial score (nSPS) is 19.1. The summed E-state index contributed by atoms with van der Waals surface area (Å²) in [6.07, 6.45) is -4.80. The van der Waals surface area contributed by atoms with Crippen molar-refractivity contribution in [2.75, 3.05) is 5.32 Å². The van der Waals surface area contributed by atoms with Crippen LogP contribution in [0, 0.1) is 0 Å². The minimum Gasteiger partial charge on any atom is -0.481 e. The van der Waals surface area contributed by atoms with Crippen molar-refractivity contribution >= 4 is 17.6 Å². The SMILES string of the molecule is O=C1CC(C(=O)O)c2ccc(C(F)(F)F)cc2N1. The molecule has 0 saturated carbocycles. The number of rotatable bonds is 1. The Hall–Kier alpha value is -2.05. The third kappa shape index (κ3) is 2.15. The number of benzene rings is 1. The molecule has 1 amide bonds. The molecule has 1 aromatic carbocycles. The Morgan fingerprint density at radius 1 is 1.39 bits per heavy atom. The van der Waals surface area contributed by atoms with Crippen LogP contribution in [0.15, 0.2) is 18.2 Å². The molecule has 0 aliphatic carbocycles. The van der Waals surface area contributed by atoms with Crippen molar-refractivity contribution in [3.05, 3.63) is 29.3 Å². The van der Waals surface area contributed by atoms with Crippen molar-refractivity contribution < 1.29 is 27.9 Å². The summed E-state index contributed by atoms with van der Waals surface area (Å²) in [5.74, 6) is -2.93. The van der Waals surface area contributed by atoms with E-state index >= 15 is 0 Å². The predicted octanol–water partition coefficient (Wildman–Crippen LogP) is 2.22. The van der Waals surface area contributed by atoms with Crippen molar-refractivity contribution in [1.29, 1.82) is 0 Å². The van der Waals surface area contributed by atoms with Crippen molar-refractivity contribution in [3.8, 4) is 0 Å². The lowest BCUT2D eigenvalue weighted by atomic mass is 9.90. The molecule has 1 aliphatic rings. The second-order valence-corrected chi connectivity index (χ2v) is 3.94. The second-order valence-electron chi connectivity index (χ2n) is 3.94. The van der Waals surface area contributed by atoms with Crippen LogP contribution in [0.3, 0.4) is 0 Å². The molecule has 4 nitrogen and oxygen atoms in total. The molecule has 1 atom stereocenters. The van der Waals surface area contributed by atoms with Crippen LogP contribution in [0.1, 0.15) is 23.5 Å².